The second kappa shape index (κ2) is 7.47. The number of rotatable bonds is 7. The maximum Gasteiger partial charge on any atom is 0.206 e. The van der Waals surface area contributed by atoms with Gasteiger partial charge in [0.05, 0.1) is 13.2 Å². The van der Waals surface area contributed by atoms with Crippen molar-refractivity contribution in [3.63, 3.8) is 0 Å². The number of ether oxygens (including phenoxy) is 1. The van der Waals surface area contributed by atoms with Crippen molar-refractivity contribution in [2.24, 2.45) is 10.8 Å². The van der Waals surface area contributed by atoms with E-state index in [9.17, 15) is 0 Å². The van der Waals surface area contributed by atoms with E-state index in [-0.39, 0.29) is 6.04 Å². The minimum absolute atomic E-state index is 0.191. The van der Waals surface area contributed by atoms with Crippen LogP contribution in [0.5, 0.6) is 0 Å². The van der Waals surface area contributed by atoms with E-state index >= 15 is 0 Å². The topological polar surface area (TPSA) is 74.9 Å². The van der Waals surface area contributed by atoms with Gasteiger partial charge < -0.3 is 15.0 Å². The maximum atomic E-state index is 5.41. The van der Waals surface area contributed by atoms with E-state index in [1.807, 2.05) is 6.92 Å². The third kappa shape index (κ3) is 5.86. The molecule has 1 aliphatic rings. The summed E-state index contributed by atoms with van der Waals surface area (Å²) in [5.74, 6) is 6.03. The predicted octanol–water partition coefficient (Wildman–Crippen LogP) is -0.476. The fourth-order valence-electron chi connectivity index (χ4n) is 1.68. The normalized spacial score (nSPS) is 18.3. The van der Waals surface area contributed by atoms with Crippen LogP contribution in [0.4, 0.5) is 0 Å². The van der Waals surface area contributed by atoms with Crippen molar-refractivity contribution in [2.75, 3.05) is 33.9 Å². The highest BCUT2D eigenvalue weighted by Gasteiger charge is 2.25. The van der Waals surface area contributed by atoms with Crippen LogP contribution >= 0.6 is 0 Å². The molecule has 0 spiro atoms. The Labute approximate surface area is 104 Å². The van der Waals surface area contributed by atoms with E-state index in [4.69, 9.17) is 10.6 Å². The third-order valence-corrected chi connectivity index (χ3v) is 2.83. The molecule has 0 saturated heterocycles. The van der Waals surface area contributed by atoms with Crippen LogP contribution in [0.15, 0.2) is 4.99 Å². The van der Waals surface area contributed by atoms with Crippen LogP contribution in [-0.2, 0) is 4.74 Å². The highest BCUT2D eigenvalue weighted by atomic mass is 16.5. The molecule has 0 aromatic heterocycles. The van der Waals surface area contributed by atoms with Gasteiger partial charge >= 0.3 is 0 Å². The van der Waals surface area contributed by atoms with E-state index in [0.29, 0.717) is 12.6 Å². The summed E-state index contributed by atoms with van der Waals surface area (Å²) in [7, 11) is 3.82. The lowest BCUT2D eigenvalue weighted by atomic mass is 10.4. The van der Waals surface area contributed by atoms with Gasteiger partial charge in [0.25, 0.3) is 0 Å². The number of nitrogens with one attached hydrogen (secondary N) is 2. The summed E-state index contributed by atoms with van der Waals surface area (Å²) in [4.78, 5) is 6.73. The first-order valence-electron chi connectivity index (χ1n) is 6.14. The first-order chi connectivity index (χ1) is 8.17. The standard InChI is InChI=1S/C11H25N5O/c1-9(8-17-3)14-11(15-12)13-6-7-16(2)10-4-5-10/h9-10H,4-8,12H2,1-3H3,(H2,13,14,15). The number of nitrogens with zero attached hydrogens (tertiary/aromatic N) is 2. The van der Waals surface area contributed by atoms with E-state index < -0.39 is 0 Å². The summed E-state index contributed by atoms with van der Waals surface area (Å²) in [6.45, 7) is 4.37. The van der Waals surface area contributed by atoms with E-state index in [0.717, 1.165) is 19.1 Å². The van der Waals surface area contributed by atoms with E-state index in [1.54, 1.807) is 7.11 Å². The zero-order valence-electron chi connectivity index (χ0n) is 11.1. The second-order valence-electron chi connectivity index (χ2n) is 4.59. The zero-order valence-corrected chi connectivity index (χ0v) is 11.1. The number of aliphatic imine (C=N–C) groups is 1. The molecule has 17 heavy (non-hydrogen) atoms. The van der Waals surface area contributed by atoms with Crippen molar-refractivity contribution in [1.29, 1.82) is 0 Å². The summed E-state index contributed by atoms with van der Waals surface area (Å²) in [5.41, 5.74) is 2.57. The Kier molecular flexibility index (Phi) is 6.25. The van der Waals surface area contributed by atoms with E-state index in [1.165, 1.54) is 12.8 Å². The first kappa shape index (κ1) is 14.2. The van der Waals surface area contributed by atoms with Crippen LogP contribution in [0.3, 0.4) is 0 Å². The average molecular weight is 243 g/mol. The lowest BCUT2D eigenvalue weighted by Crippen LogP contribution is -2.47. The van der Waals surface area contributed by atoms with Gasteiger partial charge in [-0.1, -0.05) is 0 Å². The molecular weight excluding hydrogens is 218 g/mol. The van der Waals surface area contributed by atoms with E-state index in [2.05, 4.69) is 27.7 Å². The quantitative estimate of drug-likeness (QED) is 0.244. The molecule has 6 heteroatoms. The van der Waals surface area contributed by atoms with Crippen LogP contribution in [-0.4, -0.2) is 56.8 Å². The molecule has 0 radical (unpaired) electrons. The molecule has 100 valence electrons. The number of likely N-dealkylation sites (N-methyl/N-ethyl adjacent to an activating group) is 1. The number of methoxy groups -OCH3 is 1. The Morgan fingerprint density at radius 3 is 2.82 bits per heavy atom. The molecule has 0 aromatic carbocycles. The van der Waals surface area contributed by atoms with Crippen LogP contribution < -0.4 is 16.6 Å². The fourth-order valence-corrected chi connectivity index (χ4v) is 1.68. The van der Waals surface area contributed by atoms with Gasteiger partial charge in [-0.2, -0.15) is 0 Å². The maximum absolute atomic E-state index is 5.41. The van der Waals surface area contributed by atoms with Crippen LogP contribution in [0.1, 0.15) is 19.8 Å². The molecule has 1 rings (SSSR count). The molecule has 4 N–H and O–H groups in total. The van der Waals surface area contributed by atoms with Crippen molar-refractivity contribution >= 4 is 5.96 Å². The average Bonchev–Trinajstić information content (AvgIpc) is 3.11. The summed E-state index contributed by atoms with van der Waals surface area (Å²) < 4.78 is 5.04. The van der Waals surface area contributed by atoms with Crippen molar-refractivity contribution in [1.82, 2.24) is 15.6 Å². The van der Waals surface area contributed by atoms with Crippen LogP contribution in [0, 0.1) is 0 Å². The van der Waals surface area contributed by atoms with Crippen molar-refractivity contribution < 1.29 is 4.74 Å². The summed E-state index contributed by atoms with van der Waals surface area (Å²) in [6, 6.07) is 0.968. The SMILES string of the molecule is COCC(C)NC(=NCCN(C)C1CC1)NN. The second-order valence-corrected chi connectivity index (χ2v) is 4.59. The highest BCUT2D eigenvalue weighted by Crippen LogP contribution is 2.24. The molecule has 1 unspecified atom stereocenters. The minimum atomic E-state index is 0.191. The van der Waals surface area contributed by atoms with Gasteiger partial charge in [0.1, 0.15) is 0 Å². The van der Waals surface area contributed by atoms with Crippen LogP contribution in [0.2, 0.25) is 0 Å². The van der Waals surface area contributed by atoms with Gasteiger partial charge in [0, 0.05) is 25.7 Å². The Morgan fingerprint density at radius 2 is 2.29 bits per heavy atom. The summed E-state index contributed by atoms with van der Waals surface area (Å²) in [5, 5.41) is 3.16. The molecule has 0 amide bonds. The number of hydrogen-bond acceptors (Lipinski definition) is 4. The summed E-state index contributed by atoms with van der Waals surface area (Å²) in [6.07, 6.45) is 2.65. The van der Waals surface area contributed by atoms with Crippen molar-refractivity contribution in [3.8, 4) is 0 Å². The molecular formula is C11H25N5O. The Hall–Kier alpha value is -0.850. The first-order valence-corrected chi connectivity index (χ1v) is 6.14. The van der Waals surface area contributed by atoms with Gasteiger partial charge in [-0.25, -0.2) is 5.84 Å². The number of nitrogens with two attached hydrogens (primary N) is 1. The molecule has 6 nitrogen and oxygen atoms in total. The molecule has 1 aliphatic carbocycles. The lowest BCUT2D eigenvalue weighted by molar-refractivity contribution is 0.179. The predicted molar refractivity (Wildman–Crippen MR) is 69.8 cm³/mol. The number of hydrazine groups is 1. The lowest BCUT2D eigenvalue weighted by Gasteiger charge is -2.17. The zero-order chi connectivity index (χ0) is 12.7. The molecule has 0 heterocycles. The van der Waals surface area contributed by atoms with Gasteiger partial charge in [0.2, 0.25) is 5.96 Å². The van der Waals surface area contributed by atoms with Crippen molar-refractivity contribution in [2.45, 2.75) is 31.8 Å². The molecule has 0 bridgehead atoms. The van der Waals surface area contributed by atoms with Gasteiger partial charge in [0.15, 0.2) is 0 Å². The Morgan fingerprint density at radius 1 is 1.59 bits per heavy atom. The Balaban J connectivity index is 2.22. The Bertz CT molecular complexity index is 242. The van der Waals surface area contributed by atoms with Gasteiger partial charge in [-0.15, -0.1) is 0 Å². The fraction of sp³-hybridized carbons (Fsp3) is 0.909. The smallest absolute Gasteiger partial charge is 0.206 e. The van der Waals surface area contributed by atoms with Gasteiger partial charge in [-0.05, 0) is 26.8 Å². The third-order valence-electron chi connectivity index (χ3n) is 2.83. The van der Waals surface area contributed by atoms with Crippen molar-refractivity contribution in [3.05, 3.63) is 0 Å². The number of guanidine groups is 1. The molecule has 1 atom stereocenters. The summed E-state index contributed by atoms with van der Waals surface area (Å²) >= 11 is 0. The number of hydrogen-bond donors (Lipinski definition) is 3. The minimum Gasteiger partial charge on any atom is -0.383 e. The van der Waals surface area contributed by atoms with Gasteiger partial charge in [-0.3, -0.25) is 10.4 Å². The molecule has 0 aliphatic heterocycles. The molecule has 1 fully saturated rings. The largest absolute Gasteiger partial charge is 0.383 e. The molecule has 1 saturated carbocycles. The molecule has 0 aromatic rings. The van der Waals surface area contributed by atoms with Crippen LogP contribution in [0.25, 0.3) is 0 Å². The monoisotopic (exact) mass is 243 g/mol. The highest BCUT2D eigenvalue weighted by molar-refractivity contribution is 5.79.